The molecule has 3 nitrogen and oxygen atoms in total. The number of carboxylic acids is 1. The Morgan fingerprint density at radius 1 is 1.53 bits per heavy atom. The molecule has 0 saturated heterocycles. The van der Waals surface area contributed by atoms with Crippen LogP contribution in [0.4, 0.5) is 8.78 Å². The number of carbonyl (C=O) groups is 1. The van der Waals surface area contributed by atoms with E-state index in [0.29, 0.717) is 5.56 Å². The van der Waals surface area contributed by atoms with Crippen LogP contribution in [-0.4, -0.2) is 11.1 Å². The van der Waals surface area contributed by atoms with Crippen molar-refractivity contribution in [2.45, 2.75) is 31.7 Å². The highest BCUT2D eigenvalue weighted by molar-refractivity contribution is 5.66. The minimum Gasteiger partial charge on any atom is -0.481 e. The molecule has 0 amide bonds. The first kappa shape index (κ1) is 13.6. The fraction of sp³-hybridized carbons (Fsp3) is 0.417. The van der Waals surface area contributed by atoms with Gasteiger partial charge in [0.1, 0.15) is 0 Å². The van der Waals surface area contributed by atoms with Gasteiger partial charge in [0.2, 0.25) is 0 Å². The smallest absolute Gasteiger partial charge is 0.303 e. The molecule has 1 atom stereocenters. The monoisotopic (exact) mass is 243 g/mol. The first-order chi connectivity index (χ1) is 7.80. The van der Waals surface area contributed by atoms with Gasteiger partial charge in [0.05, 0.1) is 0 Å². The van der Waals surface area contributed by atoms with Crippen molar-refractivity contribution >= 4 is 5.97 Å². The molecule has 94 valence electrons. The third-order valence-electron chi connectivity index (χ3n) is 2.49. The van der Waals surface area contributed by atoms with Crippen LogP contribution in [0.1, 0.15) is 36.9 Å². The van der Waals surface area contributed by atoms with Gasteiger partial charge in [0.25, 0.3) is 5.92 Å². The molecule has 0 radical (unpaired) electrons. The molecule has 0 heterocycles. The van der Waals surface area contributed by atoms with Crippen molar-refractivity contribution in [2.24, 2.45) is 5.73 Å². The summed E-state index contributed by atoms with van der Waals surface area (Å²) in [5.41, 5.74) is 6.17. The van der Waals surface area contributed by atoms with Crippen molar-refractivity contribution in [3.63, 3.8) is 0 Å². The molecule has 5 heteroatoms. The second kappa shape index (κ2) is 5.23. The van der Waals surface area contributed by atoms with E-state index in [9.17, 15) is 13.6 Å². The van der Waals surface area contributed by atoms with Crippen molar-refractivity contribution in [1.29, 1.82) is 0 Å². The zero-order valence-electron chi connectivity index (χ0n) is 9.49. The summed E-state index contributed by atoms with van der Waals surface area (Å²) in [4.78, 5) is 10.4. The lowest BCUT2D eigenvalue weighted by Gasteiger charge is -2.15. The van der Waals surface area contributed by atoms with Gasteiger partial charge in [-0.15, -0.1) is 0 Å². The van der Waals surface area contributed by atoms with Crippen LogP contribution < -0.4 is 5.73 Å². The predicted octanol–water partition coefficient (Wildman–Crippen LogP) is 2.66. The van der Waals surface area contributed by atoms with Crippen LogP contribution in [0.15, 0.2) is 24.3 Å². The average Bonchev–Trinajstić information content (AvgIpc) is 2.25. The van der Waals surface area contributed by atoms with Gasteiger partial charge in [-0.05, 0) is 18.1 Å². The zero-order valence-corrected chi connectivity index (χ0v) is 9.49. The molecular weight excluding hydrogens is 228 g/mol. The molecule has 0 aliphatic heterocycles. The minimum atomic E-state index is -2.91. The minimum absolute atomic E-state index is 0.0755. The van der Waals surface area contributed by atoms with Gasteiger partial charge >= 0.3 is 5.97 Å². The number of hydrogen-bond acceptors (Lipinski definition) is 2. The Morgan fingerprint density at radius 2 is 2.18 bits per heavy atom. The summed E-state index contributed by atoms with van der Waals surface area (Å²) in [7, 11) is 0. The first-order valence-corrected chi connectivity index (χ1v) is 5.26. The number of benzene rings is 1. The van der Waals surface area contributed by atoms with Crippen molar-refractivity contribution in [3.05, 3.63) is 35.4 Å². The second-order valence-electron chi connectivity index (χ2n) is 4.05. The van der Waals surface area contributed by atoms with E-state index in [2.05, 4.69) is 0 Å². The van der Waals surface area contributed by atoms with Crippen LogP contribution in [0, 0.1) is 0 Å². The summed E-state index contributed by atoms with van der Waals surface area (Å²) in [6.45, 7) is 0.814. The summed E-state index contributed by atoms with van der Waals surface area (Å²) < 4.78 is 26.2. The Labute approximate surface area is 98.2 Å². The summed E-state index contributed by atoms with van der Waals surface area (Å²) in [6.07, 6.45) is 0.155. The Bertz CT molecular complexity index is 402. The van der Waals surface area contributed by atoms with Gasteiger partial charge in [-0.1, -0.05) is 18.2 Å². The van der Waals surface area contributed by atoms with E-state index < -0.39 is 17.9 Å². The number of halogens is 2. The third kappa shape index (κ3) is 4.11. The number of carboxylic acid groups (broad SMARTS) is 1. The number of alkyl halides is 2. The molecule has 1 unspecified atom stereocenters. The second-order valence-corrected chi connectivity index (χ2v) is 4.05. The number of rotatable bonds is 5. The quantitative estimate of drug-likeness (QED) is 0.835. The van der Waals surface area contributed by atoms with Gasteiger partial charge in [-0.2, -0.15) is 0 Å². The Balaban J connectivity index is 2.81. The van der Waals surface area contributed by atoms with E-state index in [1.807, 2.05) is 0 Å². The van der Waals surface area contributed by atoms with Crippen LogP contribution >= 0.6 is 0 Å². The molecule has 3 N–H and O–H groups in total. The van der Waals surface area contributed by atoms with Crippen LogP contribution in [-0.2, 0) is 10.7 Å². The van der Waals surface area contributed by atoms with Crippen LogP contribution in [0.25, 0.3) is 0 Å². The van der Waals surface area contributed by atoms with E-state index >= 15 is 0 Å². The van der Waals surface area contributed by atoms with E-state index in [-0.39, 0.29) is 18.4 Å². The van der Waals surface area contributed by atoms with Gasteiger partial charge in [-0.3, -0.25) is 4.79 Å². The van der Waals surface area contributed by atoms with Crippen molar-refractivity contribution in [1.82, 2.24) is 0 Å². The maximum absolute atomic E-state index is 13.1. The van der Waals surface area contributed by atoms with E-state index in [4.69, 9.17) is 10.8 Å². The fourth-order valence-electron chi connectivity index (χ4n) is 1.49. The molecule has 0 spiro atoms. The van der Waals surface area contributed by atoms with E-state index in [0.717, 1.165) is 6.92 Å². The highest BCUT2D eigenvalue weighted by Gasteiger charge is 2.24. The lowest BCUT2D eigenvalue weighted by molar-refractivity contribution is -0.137. The summed E-state index contributed by atoms with van der Waals surface area (Å²) in [5, 5.41) is 8.52. The van der Waals surface area contributed by atoms with Gasteiger partial charge in [0.15, 0.2) is 0 Å². The highest BCUT2D eigenvalue weighted by Crippen LogP contribution is 2.29. The van der Waals surface area contributed by atoms with Crippen LogP contribution in [0.3, 0.4) is 0 Å². The van der Waals surface area contributed by atoms with Crippen LogP contribution in [0.2, 0.25) is 0 Å². The van der Waals surface area contributed by atoms with Crippen molar-refractivity contribution in [3.8, 4) is 0 Å². The summed E-state index contributed by atoms with van der Waals surface area (Å²) in [6, 6.07) is 5.25. The molecule has 0 bridgehead atoms. The first-order valence-electron chi connectivity index (χ1n) is 5.26. The molecular formula is C12H15F2NO2. The van der Waals surface area contributed by atoms with Crippen molar-refractivity contribution < 1.29 is 18.7 Å². The largest absolute Gasteiger partial charge is 0.481 e. The predicted molar refractivity (Wildman–Crippen MR) is 59.8 cm³/mol. The molecule has 0 aliphatic carbocycles. The summed E-state index contributed by atoms with van der Waals surface area (Å²) >= 11 is 0. The molecule has 1 aromatic carbocycles. The Morgan fingerprint density at radius 3 is 2.71 bits per heavy atom. The lowest BCUT2D eigenvalue weighted by atomic mass is 9.99. The molecule has 0 fully saturated rings. The fourth-order valence-corrected chi connectivity index (χ4v) is 1.49. The third-order valence-corrected chi connectivity index (χ3v) is 2.49. The maximum atomic E-state index is 13.1. The molecule has 1 rings (SSSR count). The summed E-state index contributed by atoms with van der Waals surface area (Å²) in [5.74, 6) is -3.86. The zero-order chi connectivity index (χ0) is 13.1. The van der Waals surface area contributed by atoms with Gasteiger partial charge < -0.3 is 10.8 Å². The molecule has 17 heavy (non-hydrogen) atoms. The number of hydrogen-bond donors (Lipinski definition) is 2. The van der Waals surface area contributed by atoms with Gasteiger partial charge in [0, 0.05) is 24.9 Å². The number of nitrogens with two attached hydrogens (primary N) is 1. The van der Waals surface area contributed by atoms with Gasteiger partial charge in [-0.25, -0.2) is 8.78 Å². The standard InChI is InChI=1S/C12H15F2NO2/c1-12(13,14)9-4-2-3-8(7-9)10(15)5-6-11(16)17/h2-4,7,10H,5-6,15H2,1H3,(H,16,17). The van der Waals surface area contributed by atoms with E-state index in [1.54, 1.807) is 6.07 Å². The van der Waals surface area contributed by atoms with E-state index in [1.165, 1.54) is 18.2 Å². The number of aliphatic carboxylic acids is 1. The molecule has 0 aromatic heterocycles. The maximum Gasteiger partial charge on any atom is 0.303 e. The lowest BCUT2D eigenvalue weighted by Crippen LogP contribution is -2.14. The van der Waals surface area contributed by atoms with Crippen molar-refractivity contribution in [2.75, 3.05) is 0 Å². The van der Waals surface area contributed by atoms with Crippen LogP contribution in [0.5, 0.6) is 0 Å². The SMILES string of the molecule is CC(F)(F)c1cccc(C(N)CCC(=O)O)c1. The normalized spacial score (nSPS) is 13.4. The Kier molecular flexibility index (Phi) is 4.17. The Hall–Kier alpha value is -1.49. The molecule has 0 saturated carbocycles. The average molecular weight is 243 g/mol. The topological polar surface area (TPSA) is 63.3 Å². The highest BCUT2D eigenvalue weighted by atomic mass is 19.3. The molecule has 1 aromatic rings. The molecule has 0 aliphatic rings.